The summed E-state index contributed by atoms with van der Waals surface area (Å²) in [4.78, 5) is 0. The maximum atomic E-state index is 5.57. The van der Waals surface area contributed by atoms with Crippen LogP contribution in [-0.4, -0.2) is 19.8 Å². The van der Waals surface area contributed by atoms with Gasteiger partial charge in [-0.1, -0.05) is 18.2 Å². The molecule has 1 saturated heterocycles. The Morgan fingerprint density at radius 2 is 2.21 bits per heavy atom. The van der Waals surface area contributed by atoms with Gasteiger partial charge in [-0.2, -0.15) is 0 Å². The molecule has 0 aromatic heterocycles. The number of ether oxygens (including phenoxy) is 3. The molecule has 0 spiro atoms. The molecule has 2 atom stereocenters. The Kier molecular flexibility index (Phi) is 2.70. The van der Waals surface area contributed by atoms with Crippen molar-refractivity contribution < 1.29 is 14.2 Å². The molecule has 0 amide bonds. The van der Waals surface area contributed by atoms with E-state index in [0.717, 1.165) is 11.3 Å². The second kappa shape index (κ2) is 3.98. The zero-order valence-corrected chi connectivity index (χ0v) is 7.97. The van der Waals surface area contributed by atoms with Crippen LogP contribution in [0.5, 0.6) is 5.75 Å². The number of para-hydroxylation sites is 1. The molecule has 1 aliphatic rings. The fraction of sp³-hybridized carbons (Fsp3) is 0.364. The van der Waals surface area contributed by atoms with Crippen LogP contribution in [0.1, 0.15) is 11.9 Å². The van der Waals surface area contributed by atoms with Gasteiger partial charge in [-0.25, -0.2) is 0 Å². The molecule has 0 saturated carbocycles. The molecule has 1 aromatic carbocycles. The van der Waals surface area contributed by atoms with E-state index >= 15 is 0 Å². The van der Waals surface area contributed by atoms with Gasteiger partial charge in [0.2, 0.25) is 0 Å². The van der Waals surface area contributed by atoms with Crippen LogP contribution >= 0.6 is 0 Å². The van der Waals surface area contributed by atoms with Crippen molar-refractivity contribution in [2.75, 3.05) is 13.7 Å². The van der Waals surface area contributed by atoms with Gasteiger partial charge in [0, 0.05) is 5.56 Å². The second-order valence-corrected chi connectivity index (χ2v) is 3.08. The van der Waals surface area contributed by atoms with Crippen LogP contribution in [0.15, 0.2) is 24.3 Å². The van der Waals surface area contributed by atoms with Crippen LogP contribution in [0.2, 0.25) is 0 Å². The molecule has 0 N–H and O–H groups in total. The van der Waals surface area contributed by atoms with Crippen LogP contribution in [0.3, 0.4) is 0 Å². The maximum absolute atomic E-state index is 5.57. The Balaban J connectivity index is 2.22. The van der Waals surface area contributed by atoms with E-state index in [0.29, 0.717) is 6.61 Å². The van der Waals surface area contributed by atoms with Crippen molar-refractivity contribution >= 4 is 0 Å². The third kappa shape index (κ3) is 1.74. The molecule has 1 aromatic rings. The number of benzene rings is 1. The van der Waals surface area contributed by atoms with E-state index in [9.17, 15) is 0 Å². The van der Waals surface area contributed by atoms with Crippen LogP contribution in [-0.2, 0) is 9.47 Å². The van der Waals surface area contributed by atoms with Gasteiger partial charge in [0.05, 0.1) is 19.8 Å². The van der Waals surface area contributed by atoms with Gasteiger partial charge in [0.1, 0.15) is 5.75 Å². The van der Waals surface area contributed by atoms with Crippen LogP contribution in [0.25, 0.3) is 0 Å². The fourth-order valence-electron chi connectivity index (χ4n) is 1.44. The fourth-order valence-corrected chi connectivity index (χ4v) is 1.44. The van der Waals surface area contributed by atoms with E-state index in [1.807, 2.05) is 24.3 Å². The standard InChI is InChI=1S/C11H12O3/c1-8-7-13-11(14-8)9-5-3-4-6-10(9)12-2/h1,3-6,8,11H,7H2,2H3. The van der Waals surface area contributed by atoms with Gasteiger partial charge in [-0.05, 0) is 13.0 Å². The van der Waals surface area contributed by atoms with Crippen molar-refractivity contribution in [1.29, 1.82) is 0 Å². The minimum atomic E-state index is -0.402. The summed E-state index contributed by atoms with van der Waals surface area (Å²) in [6, 6.07) is 7.58. The summed E-state index contributed by atoms with van der Waals surface area (Å²) >= 11 is 0. The number of hydrogen-bond donors (Lipinski definition) is 0. The average Bonchev–Trinajstić information content (AvgIpc) is 2.65. The third-order valence-corrected chi connectivity index (χ3v) is 2.10. The summed E-state index contributed by atoms with van der Waals surface area (Å²) in [6.45, 7) is 5.99. The van der Waals surface area contributed by atoms with E-state index in [1.165, 1.54) is 0 Å². The second-order valence-electron chi connectivity index (χ2n) is 3.08. The first-order valence-electron chi connectivity index (χ1n) is 4.47. The quantitative estimate of drug-likeness (QED) is 0.715. The molecule has 1 heterocycles. The molecule has 3 heteroatoms. The van der Waals surface area contributed by atoms with Crippen molar-refractivity contribution in [3.63, 3.8) is 0 Å². The maximum Gasteiger partial charge on any atom is 0.187 e. The average molecular weight is 192 g/mol. The Bertz CT molecular complexity index is 311. The number of hydrogen-bond acceptors (Lipinski definition) is 3. The Morgan fingerprint density at radius 3 is 2.86 bits per heavy atom. The monoisotopic (exact) mass is 192 g/mol. The molecule has 0 aliphatic carbocycles. The van der Waals surface area contributed by atoms with E-state index in [1.54, 1.807) is 7.11 Å². The number of rotatable bonds is 2. The molecule has 3 nitrogen and oxygen atoms in total. The van der Waals surface area contributed by atoms with E-state index in [-0.39, 0.29) is 6.10 Å². The largest absolute Gasteiger partial charge is 0.496 e. The minimum absolute atomic E-state index is 0.343. The lowest BCUT2D eigenvalue weighted by Crippen LogP contribution is -2.04. The molecule has 2 radical (unpaired) electrons. The Morgan fingerprint density at radius 1 is 1.43 bits per heavy atom. The van der Waals surface area contributed by atoms with E-state index in [4.69, 9.17) is 21.1 Å². The van der Waals surface area contributed by atoms with Crippen LogP contribution in [0, 0.1) is 6.92 Å². The molecule has 2 unspecified atom stereocenters. The van der Waals surface area contributed by atoms with Gasteiger partial charge in [-0.15, -0.1) is 0 Å². The highest BCUT2D eigenvalue weighted by molar-refractivity contribution is 5.34. The molecule has 74 valence electrons. The lowest BCUT2D eigenvalue weighted by molar-refractivity contribution is -0.0549. The van der Waals surface area contributed by atoms with Gasteiger partial charge in [0.25, 0.3) is 0 Å². The smallest absolute Gasteiger partial charge is 0.187 e. The van der Waals surface area contributed by atoms with Gasteiger partial charge >= 0.3 is 0 Å². The van der Waals surface area contributed by atoms with Gasteiger partial charge in [-0.3, -0.25) is 0 Å². The molecule has 0 bridgehead atoms. The van der Waals surface area contributed by atoms with Gasteiger partial charge < -0.3 is 14.2 Å². The normalized spacial score (nSPS) is 26.4. The molecular weight excluding hydrogens is 180 g/mol. The topological polar surface area (TPSA) is 27.7 Å². The first kappa shape index (κ1) is 9.49. The third-order valence-electron chi connectivity index (χ3n) is 2.10. The van der Waals surface area contributed by atoms with Gasteiger partial charge in [0.15, 0.2) is 6.29 Å². The lowest BCUT2D eigenvalue weighted by atomic mass is 10.2. The minimum Gasteiger partial charge on any atom is -0.496 e. The lowest BCUT2D eigenvalue weighted by Gasteiger charge is -2.13. The summed E-state index contributed by atoms with van der Waals surface area (Å²) in [5.41, 5.74) is 0.878. The highest BCUT2D eigenvalue weighted by Crippen LogP contribution is 2.32. The summed E-state index contributed by atoms with van der Waals surface area (Å²) < 4.78 is 15.9. The zero-order valence-electron chi connectivity index (χ0n) is 7.97. The Hall–Kier alpha value is -1.06. The number of methoxy groups -OCH3 is 1. The Labute approximate surface area is 83.6 Å². The SMILES string of the molecule is [CH]C1COC(c2ccccc2OC)O1. The van der Waals surface area contributed by atoms with Crippen molar-refractivity contribution in [3.05, 3.63) is 36.8 Å². The molecule has 2 rings (SSSR count). The first-order chi connectivity index (χ1) is 6.81. The summed E-state index contributed by atoms with van der Waals surface area (Å²) in [5.74, 6) is 0.756. The predicted molar refractivity (Wildman–Crippen MR) is 50.9 cm³/mol. The van der Waals surface area contributed by atoms with E-state index < -0.39 is 6.29 Å². The van der Waals surface area contributed by atoms with Crippen LogP contribution < -0.4 is 4.74 Å². The zero-order chi connectivity index (χ0) is 9.97. The van der Waals surface area contributed by atoms with Crippen molar-refractivity contribution in [2.24, 2.45) is 0 Å². The van der Waals surface area contributed by atoms with E-state index in [2.05, 4.69) is 0 Å². The summed E-state index contributed by atoms with van der Waals surface area (Å²) in [7, 11) is 1.62. The molecule has 14 heavy (non-hydrogen) atoms. The predicted octanol–water partition coefficient (Wildman–Crippen LogP) is 1.82. The highest BCUT2D eigenvalue weighted by Gasteiger charge is 2.26. The first-order valence-corrected chi connectivity index (χ1v) is 4.47. The highest BCUT2D eigenvalue weighted by atomic mass is 16.7. The summed E-state index contributed by atoms with van der Waals surface area (Å²) in [5, 5.41) is 0. The van der Waals surface area contributed by atoms with Crippen molar-refractivity contribution in [3.8, 4) is 5.75 Å². The van der Waals surface area contributed by atoms with Crippen molar-refractivity contribution in [2.45, 2.75) is 12.4 Å². The summed E-state index contributed by atoms with van der Waals surface area (Å²) in [6.07, 6.45) is -0.744. The molecule has 1 fully saturated rings. The molecule has 1 aliphatic heterocycles. The van der Waals surface area contributed by atoms with Crippen molar-refractivity contribution in [1.82, 2.24) is 0 Å². The van der Waals surface area contributed by atoms with Crippen LogP contribution in [0.4, 0.5) is 0 Å². The molecular formula is C11H12O3.